The molecule has 3 N–H and O–H groups in total. The van der Waals surface area contributed by atoms with Gasteiger partial charge in [-0.15, -0.1) is 0 Å². The lowest BCUT2D eigenvalue weighted by Gasteiger charge is -2.12. The van der Waals surface area contributed by atoms with Gasteiger partial charge in [-0.2, -0.15) is 5.10 Å². The topological polar surface area (TPSA) is 104 Å². The fourth-order valence-electron chi connectivity index (χ4n) is 3.72. The fourth-order valence-corrected chi connectivity index (χ4v) is 3.72. The number of phenolic OH excluding ortho intramolecular Hbond substituents is 2. The number of pyridine rings is 1. The predicted molar refractivity (Wildman–Crippen MR) is 133 cm³/mol. The molecule has 0 fully saturated rings. The number of methoxy groups -OCH3 is 1. The number of phenols is 2. The van der Waals surface area contributed by atoms with Gasteiger partial charge in [-0.1, -0.05) is 30.7 Å². The number of benzene rings is 3. The van der Waals surface area contributed by atoms with E-state index in [4.69, 9.17) is 9.72 Å². The SMILES string of the molecule is CC/C(=N/NC(=O)c1cc(-c2cccc(OC)c2)nc2ccc(C)cc12)c1cc(O)ccc1O. The molecule has 34 heavy (non-hydrogen) atoms. The van der Waals surface area contributed by atoms with Gasteiger partial charge in [0.1, 0.15) is 17.2 Å². The highest BCUT2D eigenvalue weighted by atomic mass is 16.5. The van der Waals surface area contributed by atoms with Crippen molar-refractivity contribution in [2.75, 3.05) is 7.11 Å². The number of nitrogens with zero attached hydrogens (tertiary/aromatic N) is 2. The van der Waals surface area contributed by atoms with Crippen LogP contribution in [0.1, 0.15) is 34.8 Å². The van der Waals surface area contributed by atoms with Crippen molar-refractivity contribution < 1.29 is 19.7 Å². The molecule has 0 atom stereocenters. The van der Waals surface area contributed by atoms with E-state index in [9.17, 15) is 15.0 Å². The van der Waals surface area contributed by atoms with Gasteiger partial charge in [0.15, 0.2) is 0 Å². The first-order chi connectivity index (χ1) is 16.4. The number of hydrogen-bond donors (Lipinski definition) is 3. The molecule has 4 rings (SSSR count). The van der Waals surface area contributed by atoms with Gasteiger partial charge in [0.25, 0.3) is 5.91 Å². The van der Waals surface area contributed by atoms with E-state index in [1.54, 1.807) is 13.2 Å². The Balaban J connectivity index is 1.77. The molecule has 0 aliphatic heterocycles. The fraction of sp³-hybridized carbons (Fsp3) is 0.148. The molecule has 1 heterocycles. The highest BCUT2D eigenvalue weighted by molar-refractivity contribution is 6.09. The van der Waals surface area contributed by atoms with Crippen molar-refractivity contribution in [1.82, 2.24) is 10.4 Å². The van der Waals surface area contributed by atoms with Crippen molar-refractivity contribution in [3.63, 3.8) is 0 Å². The van der Waals surface area contributed by atoms with Crippen LogP contribution in [0.25, 0.3) is 22.2 Å². The Kier molecular flexibility index (Phi) is 6.45. The number of aryl methyl sites for hydroxylation is 1. The van der Waals surface area contributed by atoms with Crippen molar-refractivity contribution in [3.05, 3.63) is 83.4 Å². The van der Waals surface area contributed by atoms with Crippen LogP contribution < -0.4 is 10.2 Å². The summed E-state index contributed by atoms with van der Waals surface area (Å²) in [6.45, 7) is 3.80. The Bertz CT molecular complexity index is 1410. The van der Waals surface area contributed by atoms with Gasteiger partial charge in [0.05, 0.1) is 29.6 Å². The third-order valence-corrected chi connectivity index (χ3v) is 5.49. The number of amides is 1. The third-order valence-electron chi connectivity index (χ3n) is 5.49. The Morgan fingerprint density at radius 2 is 1.85 bits per heavy atom. The van der Waals surface area contributed by atoms with E-state index < -0.39 is 5.91 Å². The molecule has 7 nitrogen and oxygen atoms in total. The largest absolute Gasteiger partial charge is 0.508 e. The predicted octanol–water partition coefficient (Wildman–Crippen LogP) is 5.17. The minimum atomic E-state index is -0.410. The molecular formula is C27H25N3O4. The number of aromatic nitrogens is 1. The van der Waals surface area contributed by atoms with Crippen LogP contribution in [0.4, 0.5) is 0 Å². The standard InChI is InChI=1S/C27H25N3O4/c1-4-23(22-14-18(31)9-11-26(22)32)29-30-27(33)21-15-25(17-6-5-7-19(13-17)34-3)28-24-10-8-16(2)12-20(21)24/h5-15,31-32H,4H2,1-3H3,(H,30,33)/b29-23-. The summed E-state index contributed by atoms with van der Waals surface area (Å²) in [6, 6.07) is 19.2. The van der Waals surface area contributed by atoms with Gasteiger partial charge >= 0.3 is 0 Å². The first kappa shape index (κ1) is 22.8. The minimum Gasteiger partial charge on any atom is -0.508 e. The summed E-state index contributed by atoms with van der Waals surface area (Å²) in [6.07, 6.45) is 0.433. The molecule has 0 saturated carbocycles. The van der Waals surface area contributed by atoms with Crippen LogP contribution in [0.3, 0.4) is 0 Å². The molecule has 3 aromatic carbocycles. The van der Waals surface area contributed by atoms with E-state index >= 15 is 0 Å². The number of rotatable bonds is 6. The van der Waals surface area contributed by atoms with E-state index in [1.807, 2.05) is 56.3 Å². The summed E-state index contributed by atoms with van der Waals surface area (Å²) in [7, 11) is 1.60. The smallest absolute Gasteiger partial charge is 0.272 e. The molecule has 1 aromatic heterocycles. The number of nitrogens with one attached hydrogen (secondary N) is 1. The van der Waals surface area contributed by atoms with Gasteiger partial charge in [0.2, 0.25) is 0 Å². The summed E-state index contributed by atoms with van der Waals surface area (Å²) in [4.78, 5) is 18.1. The first-order valence-corrected chi connectivity index (χ1v) is 10.8. The van der Waals surface area contributed by atoms with Crippen molar-refractivity contribution in [1.29, 1.82) is 0 Å². The highest BCUT2D eigenvalue weighted by Crippen LogP contribution is 2.28. The molecule has 0 aliphatic carbocycles. The van der Waals surface area contributed by atoms with Crippen LogP contribution in [-0.2, 0) is 0 Å². The van der Waals surface area contributed by atoms with Gasteiger partial charge in [-0.3, -0.25) is 4.79 Å². The average Bonchev–Trinajstić information content (AvgIpc) is 2.85. The molecule has 0 saturated heterocycles. The first-order valence-electron chi connectivity index (χ1n) is 10.8. The maximum Gasteiger partial charge on any atom is 0.272 e. The summed E-state index contributed by atoms with van der Waals surface area (Å²) in [5.41, 5.74) is 6.96. The normalized spacial score (nSPS) is 11.4. The number of carbonyl (C=O) groups is 1. The van der Waals surface area contributed by atoms with Crippen LogP contribution in [0.2, 0.25) is 0 Å². The number of fused-ring (bicyclic) bond motifs is 1. The maximum atomic E-state index is 13.3. The number of carbonyl (C=O) groups excluding carboxylic acids is 1. The molecule has 0 unspecified atom stereocenters. The summed E-state index contributed by atoms with van der Waals surface area (Å²) < 4.78 is 5.33. The zero-order valence-corrected chi connectivity index (χ0v) is 19.2. The van der Waals surface area contributed by atoms with E-state index in [0.29, 0.717) is 45.6 Å². The van der Waals surface area contributed by atoms with Crippen molar-refractivity contribution in [3.8, 4) is 28.5 Å². The number of aromatic hydroxyl groups is 2. The van der Waals surface area contributed by atoms with Gasteiger partial charge < -0.3 is 14.9 Å². The second-order valence-electron chi connectivity index (χ2n) is 7.86. The monoisotopic (exact) mass is 455 g/mol. The summed E-state index contributed by atoms with van der Waals surface area (Å²) in [5.74, 6) is 0.252. The van der Waals surface area contributed by atoms with Crippen LogP contribution in [0, 0.1) is 6.92 Å². The quantitative estimate of drug-likeness (QED) is 0.211. The average molecular weight is 456 g/mol. The molecular weight excluding hydrogens is 430 g/mol. The van der Waals surface area contributed by atoms with Crippen molar-refractivity contribution >= 4 is 22.5 Å². The number of hydrazone groups is 1. The van der Waals surface area contributed by atoms with Crippen LogP contribution in [0.5, 0.6) is 17.2 Å². The molecule has 0 spiro atoms. The van der Waals surface area contributed by atoms with Gasteiger partial charge in [0, 0.05) is 16.5 Å². The Morgan fingerprint density at radius 1 is 1.03 bits per heavy atom. The Hall–Kier alpha value is -4.39. The van der Waals surface area contributed by atoms with E-state index in [-0.39, 0.29) is 11.5 Å². The lowest BCUT2D eigenvalue weighted by Crippen LogP contribution is -2.20. The van der Waals surface area contributed by atoms with Crippen molar-refractivity contribution in [2.45, 2.75) is 20.3 Å². The third kappa shape index (κ3) is 4.68. The second kappa shape index (κ2) is 9.62. The van der Waals surface area contributed by atoms with Crippen LogP contribution >= 0.6 is 0 Å². The van der Waals surface area contributed by atoms with Crippen LogP contribution in [-0.4, -0.2) is 33.9 Å². The lowest BCUT2D eigenvalue weighted by molar-refractivity contribution is 0.0956. The number of ether oxygens (including phenoxy) is 1. The molecule has 0 aliphatic rings. The molecule has 4 aromatic rings. The summed E-state index contributed by atoms with van der Waals surface area (Å²) in [5, 5.41) is 24.9. The molecule has 172 valence electrons. The zero-order valence-electron chi connectivity index (χ0n) is 19.2. The molecule has 0 radical (unpaired) electrons. The van der Waals surface area contributed by atoms with Gasteiger partial charge in [-0.05, 0) is 61.9 Å². The molecule has 7 heteroatoms. The van der Waals surface area contributed by atoms with Gasteiger partial charge in [-0.25, -0.2) is 10.4 Å². The Morgan fingerprint density at radius 3 is 2.62 bits per heavy atom. The second-order valence-corrected chi connectivity index (χ2v) is 7.86. The van der Waals surface area contributed by atoms with E-state index in [1.165, 1.54) is 18.2 Å². The Labute approximate surface area is 197 Å². The lowest BCUT2D eigenvalue weighted by atomic mass is 10.0. The van der Waals surface area contributed by atoms with E-state index in [0.717, 1.165) is 11.1 Å². The summed E-state index contributed by atoms with van der Waals surface area (Å²) >= 11 is 0. The minimum absolute atomic E-state index is 0.00110. The van der Waals surface area contributed by atoms with E-state index in [2.05, 4.69) is 10.5 Å². The van der Waals surface area contributed by atoms with Crippen molar-refractivity contribution in [2.24, 2.45) is 5.10 Å². The van der Waals surface area contributed by atoms with Crippen LogP contribution in [0.15, 0.2) is 71.8 Å². The molecule has 1 amide bonds. The maximum absolute atomic E-state index is 13.3. The molecule has 0 bridgehead atoms. The number of hydrogen-bond acceptors (Lipinski definition) is 6. The zero-order chi connectivity index (χ0) is 24.2. The highest BCUT2D eigenvalue weighted by Gasteiger charge is 2.16.